The van der Waals surface area contributed by atoms with E-state index < -0.39 is 0 Å². The Morgan fingerprint density at radius 3 is 2.38 bits per heavy atom. The Kier molecular flexibility index (Phi) is 3.85. The maximum absolute atomic E-state index is 10.3. The van der Waals surface area contributed by atoms with Crippen molar-refractivity contribution in [2.24, 2.45) is 0 Å². The monoisotopic (exact) mass is 178 g/mol. The molecule has 13 heavy (non-hydrogen) atoms. The van der Waals surface area contributed by atoms with Gasteiger partial charge in [-0.15, -0.1) is 0 Å². The molecule has 1 aromatic rings. The Morgan fingerprint density at radius 2 is 1.85 bits per heavy atom. The third-order valence-corrected chi connectivity index (χ3v) is 1.57. The summed E-state index contributed by atoms with van der Waals surface area (Å²) in [6.45, 7) is 0.507. The molecule has 3 nitrogen and oxygen atoms in total. The van der Waals surface area contributed by atoms with Gasteiger partial charge in [-0.05, 0) is 5.56 Å². The maximum atomic E-state index is 10.3. The van der Waals surface area contributed by atoms with Crippen LogP contribution in [-0.2, 0) is 16.1 Å². The molecule has 68 valence electrons. The maximum Gasteiger partial charge on any atom is 0.150 e. The molecule has 0 N–H and O–H groups in total. The molecule has 0 bridgehead atoms. The molecule has 0 radical (unpaired) electrons. The molecule has 0 saturated carbocycles. The van der Waals surface area contributed by atoms with Crippen LogP contribution in [0.2, 0.25) is 0 Å². The molecule has 0 atom stereocenters. The molecule has 0 aliphatic rings. The molecule has 0 aliphatic carbocycles. The van der Waals surface area contributed by atoms with Crippen LogP contribution >= 0.6 is 0 Å². The average Bonchev–Trinajstić information content (AvgIpc) is 2.19. The second kappa shape index (κ2) is 5.22. The molecule has 1 aromatic carbocycles. The van der Waals surface area contributed by atoms with Gasteiger partial charge in [-0.25, -0.2) is 0 Å². The quantitative estimate of drug-likeness (QED) is 0.503. The highest BCUT2D eigenvalue weighted by Crippen LogP contribution is 2.03. The van der Waals surface area contributed by atoms with Gasteiger partial charge in [0.15, 0.2) is 0 Å². The first-order valence-electron chi connectivity index (χ1n) is 3.92. The number of benzene rings is 1. The Labute approximate surface area is 76.3 Å². The number of rotatable bonds is 5. The summed E-state index contributed by atoms with van der Waals surface area (Å²) in [5, 5.41) is 0. The lowest BCUT2D eigenvalue weighted by Gasteiger charge is -2.00. The lowest BCUT2D eigenvalue weighted by Crippen LogP contribution is -1.95. The summed E-state index contributed by atoms with van der Waals surface area (Å²) in [6.07, 6.45) is 1.50. The highest BCUT2D eigenvalue weighted by Gasteiger charge is 1.93. The smallest absolute Gasteiger partial charge is 0.150 e. The number of hydrogen-bond donors (Lipinski definition) is 0. The van der Waals surface area contributed by atoms with E-state index in [4.69, 9.17) is 4.74 Å². The van der Waals surface area contributed by atoms with Crippen molar-refractivity contribution in [3.63, 3.8) is 0 Å². The molecule has 1 rings (SSSR count). The standard InChI is InChI=1S/C10H10O3/c11-5-6-13-8-10-3-1-9(7-12)2-4-10/h1-5,7H,6,8H2. The van der Waals surface area contributed by atoms with Crippen molar-refractivity contribution in [3.8, 4) is 0 Å². The Bertz CT molecular complexity index is 277. The summed E-state index contributed by atoms with van der Waals surface area (Å²) >= 11 is 0. The molecular weight excluding hydrogens is 168 g/mol. The third-order valence-electron chi connectivity index (χ3n) is 1.57. The normalized spacial score (nSPS) is 9.54. The van der Waals surface area contributed by atoms with E-state index >= 15 is 0 Å². The van der Waals surface area contributed by atoms with E-state index in [1.807, 2.05) is 0 Å². The van der Waals surface area contributed by atoms with Gasteiger partial charge in [-0.2, -0.15) is 0 Å². The minimum Gasteiger partial charge on any atom is -0.369 e. The van der Waals surface area contributed by atoms with E-state index in [9.17, 15) is 9.59 Å². The summed E-state index contributed by atoms with van der Waals surface area (Å²) in [6, 6.07) is 7.03. The van der Waals surface area contributed by atoms with E-state index in [0.717, 1.165) is 11.8 Å². The zero-order valence-electron chi connectivity index (χ0n) is 7.10. The van der Waals surface area contributed by atoms with Crippen molar-refractivity contribution < 1.29 is 14.3 Å². The predicted molar refractivity (Wildman–Crippen MR) is 47.5 cm³/mol. The van der Waals surface area contributed by atoms with Crippen molar-refractivity contribution in [2.45, 2.75) is 6.61 Å². The van der Waals surface area contributed by atoms with Gasteiger partial charge in [0.2, 0.25) is 0 Å². The van der Waals surface area contributed by atoms with Crippen molar-refractivity contribution in [1.29, 1.82) is 0 Å². The topological polar surface area (TPSA) is 43.4 Å². The van der Waals surface area contributed by atoms with Crippen molar-refractivity contribution in [2.75, 3.05) is 6.61 Å². The van der Waals surface area contributed by atoms with Gasteiger partial charge < -0.3 is 9.53 Å². The molecule has 3 heteroatoms. The van der Waals surface area contributed by atoms with Gasteiger partial charge in [-0.1, -0.05) is 24.3 Å². The Balaban J connectivity index is 2.48. The van der Waals surface area contributed by atoms with E-state index in [0.29, 0.717) is 18.5 Å². The minimum atomic E-state index is 0.107. The second-order valence-corrected chi connectivity index (χ2v) is 2.54. The van der Waals surface area contributed by atoms with Gasteiger partial charge in [0, 0.05) is 5.56 Å². The molecular formula is C10H10O3. The fourth-order valence-electron chi connectivity index (χ4n) is 0.917. The van der Waals surface area contributed by atoms with E-state index in [1.54, 1.807) is 24.3 Å². The van der Waals surface area contributed by atoms with Gasteiger partial charge in [-0.3, -0.25) is 4.79 Å². The second-order valence-electron chi connectivity index (χ2n) is 2.54. The molecule has 0 aliphatic heterocycles. The molecule has 0 fully saturated rings. The minimum absolute atomic E-state index is 0.107. The zero-order valence-corrected chi connectivity index (χ0v) is 7.10. The summed E-state index contributed by atoms with van der Waals surface area (Å²) in [5.41, 5.74) is 1.59. The van der Waals surface area contributed by atoms with Crippen LogP contribution in [0.3, 0.4) is 0 Å². The summed E-state index contributed by atoms with van der Waals surface area (Å²) in [7, 11) is 0. The lowest BCUT2D eigenvalue weighted by atomic mass is 10.2. The van der Waals surface area contributed by atoms with Crippen LogP contribution in [-0.4, -0.2) is 19.2 Å². The van der Waals surface area contributed by atoms with Gasteiger partial charge in [0.25, 0.3) is 0 Å². The Morgan fingerprint density at radius 1 is 1.15 bits per heavy atom. The van der Waals surface area contributed by atoms with Crippen molar-refractivity contribution in [1.82, 2.24) is 0 Å². The molecule has 0 spiro atoms. The summed E-state index contributed by atoms with van der Waals surface area (Å²) in [4.78, 5) is 20.2. The van der Waals surface area contributed by atoms with Crippen LogP contribution in [0.5, 0.6) is 0 Å². The first kappa shape index (κ1) is 9.61. The lowest BCUT2D eigenvalue weighted by molar-refractivity contribution is -0.112. The first-order valence-corrected chi connectivity index (χ1v) is 3.92. The highest BCUT2D eigenvalue weighted by atomic mass is 16.5. The van der Waals surface area contributed by atoms with Crippen LogP contribution in [0.15, 0.2) is 24.3 Å². The van der Waals surface area contributed by atoms with E-state index in [1.165, 1.54) is 0 Å². The van der Waals surface area contributed by atoms with Crippen LogP contribution in [0, 0.1) is 0 Å². The molecule has 0 unspecified atom stereocenters. The summed E-state index contributed by atoms with van der Waals surface area (Å²) < 4.78 is 4.99. The first-order chi connectivity index (χ1) is 6.36. The molecule has 0 heterocycles. The fraction of sp³-hybridized carbons (Fsp3) is 0.200. The number of ether oxygens (including phenoxy) is 1. The Hall–Kier alpha value is -1.48. The highest BCUT2D eigenvalue weighted by molar-refractivity contribution is 5.74. The van der Waals surface area contributed by atoms with E-state index in [2.05, 4.69) is 0 Å². The van der Waals surface area contributed by atoms with Gasteiger partial charge >= 0.3 is 0 Å². The SMILES string of the molecule is O=CCOCc1ccc(C=O)cc1. The molecule has 0 aromatic heterocycles. The predicted octanol–water partition coefficient (Wildman–Crippen LogP) is 1.21. The number of carbonyl (C=O) groups excluding carboxylic acids is 2. The van der Waals surface area contributed by atoms with E-state index in [-0.39, 0.29) is 6.61 Å². The number of carbonyl (C=O) groups is 2. The zero-order chi connectivity index (χ0) is 9.52. The largest absolute Gasteiger partial charge is 0.369 e. The third kappa shape index (κ3) is 3.17. The average molecular weight is 178 g/mol. The van der Waals surface area contributed by atoms with Crippen molar-refractivity contribution >= 4 is 12.6 Å². The molecule has 0 amide bonds. The number of aldehydes is 2. The van der Waals surface area contributed by atoms with Crippen LogP contribution in [0.25, 0.3) is 0 Å². The summed E-state index contributed by atoms with van der Waals surface area (Å²) in [5.74, 6) is 0. The van der Waals surface area contributed by atoms with Crippen molar-refractivity contribution in [3.05, 3.63) is 35.4 Å². The van der Waals surface area contributed by atoms with Gasteiger partial charge in [0.05, 0.1) is 6.61 Å². The van der Waals surface area contributed by atoms with Gasteiger partial charge in [0.1, 0.15) is 19.2 Å². The van der Waals surface area contributed by atoms with Crippen LogP contribution in [0.1, 0.15) is 15.9 Å². The number of hydrogen-bond acceptors (Lipinski definition) is 3. The molecule has 0 saturated heterocycles. The van der Waals surface area contributed by atoms with Crippen LogP contribution < -0.4 is 0 Å². The fourth-order valence-corrected chi connectivity index (χ4v) is 0.917. The van der Waals surface area contributed by atoms with Crippen LogP contribution in [0.4, 0.5) is 0 Å².